The van der Waals surface area contributed by atoms with Crippen molar-refractivity contribution in [1.82, 2.24) is 4.57 Å². The highest BCUT2D eigenvalue weighted by molar-refractivity contribution is 9.11. The van der Waals surface area contributed by atoms with Crippen molar-refractivity contribution in [1.29, 1.82) is 0 Å². The molecule has 96 valence electrons. The lowest BCUT2D eigenvalue weighted by atomic mass is 10.2. The summed E-state index contributed by atoms with van der Waals surface area (Å²) in [5.41, 5.74) is 2.23. The van der Waals surface area contributed by atoms with Gasteiger partial charge in [0.2, 0.25) is 0 Å². The number of aryl methyl sites for hydroxylation is 2. The van der Waals surface area contributed by atoms with E-state index in [2.05, 4.69) is 26.6 Å². The molecule has 0 bridgehead atoms. The van der Waals surface area contributed by atoms with Crippen LogP contribution in [0.4, 0.5) is 0 Å². The number of nitrogens with zero attached hydrogens (tertiary/aromatic N) is 1. The number of carboxylic acids is 1. The number of aromatic nitrogens is 1. The molecule has 0 aliphatic carbocycles. The van der Waals surface area contributed by atoms with Crippen molar-refractivity contribution >= 4 is 33.2 Å². The molecular formula is C13H14BrNO2S. The number of rotatable bonds is 4. The molecule has 5 heteroatoms. The Morgan fingerprint density at radius 2 is 2.17 bits per heavy atom. The highest BCUT2D eigenvalue weighted by Gasteiger charge is 2.14. The molecule has 0 saturated carbocycles. The van der Waals surface area contributed by atoms with Crippen molar-refractivity contribution in [3.8, 4) is 0 Å². The van der Waals surface area contributed by atoms with Crippen LogP contribution in [-0.4, -0.2) is 15.6 Å². The number of carboxylic acid groups (broad SMARTS) is 1. The second-order valence-corrected chi connectivity index (χ2v) is 6.74. The molecule has 0 atom stereocenters. The summed E-state index contributed by atoms with van der Waals surface area (Å²) in [6.45, 7) is 4.63. The third-order valence-electron chi connectivity index (χ3n) is 3.01. The van der Waals surface area contributed by atoms with Crippen LogP contribution in [-0.2, 0) is 13.0 Å². The van der Waals surface area contributed by atoms with Gasteiger partial charge in [0.1, 0.15) is 0 Å². The van der Waals surface area contributed by atoms with E-state index >= 15 is 0 Å². The molecule has 1 N–H and O–H groups in total. The maximum atomic E-state index is 11.0. The van der Waals surface area contributed by atoms with Crippen LogP contribution in [0.25, 0.3) is 0 Å². The summed E-state index contributed by atoms with van der Waals surface area (Å²) in [6.07, 6.45) is 0.922. The maximum Gasteiger partial charge on any atom is 0.337 e. The van der Waals surface area contributed by atoms with Gasteiger partial charge in [-0.1, -0.05) is 0 Å². The van der Waals surface area contributed by atoms with Crippen LogP contribution >= 0.6 is 27.3 Å². The van der Waals surface area contributed by atoms with Crippen molar-refractivity contribution in [2.24, 2.45) is 0 Å². The van der Waals surface area contributed by atoms with Gasteiger partial charge in [-0.05, 0) is 54.4 Å². The molecule has 0 unspecified atom stereocenters. The molecule has 0 spiro atoms. The molecule has 3 nitrogen and oxygen atoms in total. The largest absolute Gasteiger partial charge is 0.478 e. The van der Waals surface area contributed by atoms with Crippen molar-refractivity contribution in [2.75, 3.05) is 0 Å². The lowest BCUT2D eigenvalue weighted by Crippen LogP contribution is -2.06. The van der Waals surface area contributed by atoms with E-state index in [1.54, 1.807) is 17.4 Å². The average Bonchev–Trinajstić information content (AvgIpc) is 2.82. The van der Waals surface area contributed by atoms with E-state index in [0.717, 1.165) is 28.1 Å². The number of hydrogen-bond donors (Lipinski definition) is 1. The highest BCUT2D eigenvalue weighted by atomic mass is 79.9. The lowest BCUT2D eigenvalue weighted by molar-refractivity contribution is 0.0696. The molecule has 2 heterocycles. The minimum atomic E-state index is -0.854. The van der Waals surface area contributed by atoms with Crippen LogP contribution in [0.5, 0.6) is 0 Å². The molecule has 0 aromatic carbocycles. The Kier molecular flexibility index (Phi) is 3.92. The Balaban J connectivity index is 2.17. The average molecular weight is 328 g/mol. The second-order valence-electron chi connectivity index (χ2n) is 4.20. The summed E-state index contributed by atoms with van der Waals surface area (Å²) in [4.78, 5) is 12.3. The van der Waals surface area contributed by atoms with E-state index in [9.17, 15) is 4.79 Å². The second kappa shape index (κ2) is 5.28. The van der Waals surface area contributed by atoms with Crippen LogP contribution in [0, 0.1) is 13.8 Å². The number of carbonyl (C=O) groups is 1. The smallest absolute Gasteiger partial charge is 0.337 e. The molecule has 2 rings (SSSR count). The SMILES string of the molecule is Cc1cc(C(=O)O)c(C)n1CCc1ccc(Br)s1. The van der Waals surface area contributed by atoms with E-state index in [0.29, 0.717) is 5.56 Å². The van der Waals surface area contributed by atoms with Gasteiger partial charge >= 0.3 is 5.97 Å². The van der Waals surface area contributed by atoms with Crippen LogP contribution in [0.15, 0.2) is 22.0 Å². The van der Waals surface area contributed by atoms with E-state index in [1.807, 2.05) is 19.9 Å². The van der Waals surface area contributed by atoms with Gasteiger partial charge < -0.3 is 9.67 Å². The van der Waals surface area contributed by atoms with E-state index in [1.165, 1.54) is 4.88 Å². The molecule has 0 saturated heterocycles. The predicted octanol–water partition coefficient (Wildman–Crippen LogP) is 3.87. The summed E-state index contributed by atoms with van der Waals surface area (Å²) in [6, 6.07) is 5.88. The Morgan fingerprint density at radius 1 is 1.44 bits per heavy atom. The van der Waals surface area contributed by atoms with Crippen LogP contribution in [0.2, 0.25) is 0 Å². The first-order valence-electron chi connectivity index (χ1n) is 5.63. The number of thiophene rings is 1. The van der Waals surface area contributed by atoms with Crippen LogP contribution in [0.3, 0.4) is 0 Å². The predicted molar refractivity (Wildman–Crippen MR) is 76.6 cm³/mol. The van der Waals surface area contributed by atoms with Crippen molar-refractivity contribution in [2.45, 2.75) is 26.8 Å². The Labute approximate surface area is 118 Å². The standard InChI is InChI=1S/C13H14BrNO2S/c1-8-7-11(13(16)17)9(2)15(8)6-5-10-3-4-12(14)18-10/h3-4,7H,5-6H2,1-2H3,(H,16,17). The quantitative estimate of drug-likeness (QED) is 0.926. The molecule has 0 amide bonds. The zero-order valence-electron chi connectivity index (χ0n) is 10.2. The first-order chi connectivity index (χ1) is 8.49. The molecule has 18 heavy (non-hydrogen) atoms. The molecular weight excluding hydrogens is 314 g/mol. The third-order valence-corrected chi connectivity index (χ3v) is 4.70. The van der Waals surface area contributed by atoms with Gasteiger partial charge in [0, 0.05) is 22.8 Å². The lowest BCUT2D eigenvalue weighted by Gasteiger charge is -2.08. The maximum absolute atomic E-state index is 11.0. The van der Waals surface area contributed by atoms with Gasteiger partial charge in [0.05, 0.1) is 9.35 Å². The summed E-state index contributed by atoms with van der Waals surface area (Å²) < 4.78 is 3.20. The van der Waals surface area contributed by atoms with Gasteiger partial charge in [-0.15, -0.1) is 11.3 Å². The van der Waals surface area contributed by atoms with Crippen LogP contribution in [0.1, 0.15) is 26.6 Å². The zero-order valence-corrected chi connectivity index (χ0v) is 12.6. The fourth-order valence-corrected chi connectivity index (χ4v) is 3.54. The van der Waals surface area contributed by atoms with Crippen molar-refractivity contribution in [3.05, 3.63) is 43.8 Å². The van der Waals surface area contributed by atoms with Crippen molar-refractivity contribution in [3.63, 3.8) is 0 Å². The molecule has 0 aliphatic rings. The minimum absolute atomic E-state index is 0.403. The molecule has 2 aromatic heterocycles. The third kappa shape index (κ3) is 2.67. The number of hydrogen-bond acceptors (Lipinski definition) is 2. The summed E-state index contributed by atoms with van der Waals surface area (Å²) in [5.74, 6) is -0.854. The topological polar surface area (TPSA) is 42.2 Å². The van der Waals surface area contributed by atoms with E-state index in [-0.39, 0.29) is 0 Å². The fraction of sp³-hybridized carbons (Fsp3) is 0.308. The Morgan fingerprint density at radius 3 is 2.67 bits per heavy atom. The van der Waals surface area contributed by atoms with Gasteiger partial charge in [-0.25, -0.2) is 4.79 Å². The van der Waals surface area contributed by atoms with Crippen molar-refractivity contribution < 1.29 is 9.90 Å². The molecule has 0 aliphatic heterocycles. The van der Waals surface area contributed by atoms with E-state index < -0.39 is 5.97 Å². The Bertz CT molecular complexity index is 586. The highest BCUT2D eigenvalue weighted by Crippen LogP contribution is 2.23. The summed E-state index contributed by atoms with van der Waals surface area (Å²) in [7, 11) is 0. The van der Waals surface area contributed by atoms with Gasteiger partial charge in [-0.2, -0.15) is 0 Å². The van der Waals surface area contributed by atoms with Gasteiger partial charge in [0.25, 0.3) is 0 Å². The van der Waals surface area contributed by atoms with Gasteiger partial charge in [0.15, 0.2) is 0 Å². The van der Waals surface area contributed by atoms with Gasteiger partial charge in [-0.3, -0.25) is 0 Å². The first-order valence-corrected chi connectivity index (χ1v) is 7.24. The summed E-state index contributed by atoms with van der Waals surface area (Å²) in [5, 5.41) is 9.07. The Hall–Kier alpha value is -1.07. The van der Waals surface area contributed by atoms with Crippen LogP contribution < -0.4 is 0 Å². The number of aromatic carboxylic acids is 1. The first kappa shape index (κ1) is 13.4. The molecule has 2 aromatic rings. The zero-order chi connectivity index (χ0) is 13.3. The minimum Gasteiger partial charge on any atom is -0.478 e. The number of halogens is 1. The van der Waals surface area contributed by atoms with E-state index in [4.69, 9.17) is 5.11 Å². The monoisotopic (exact) mass is 327 g/mol. The normalized spacial score (nSPS) is 10.8. The fourth-order valence-electron chi connectivity index (χ4n) is 2.07. The summed E-state index contributed by atoms with van der Waals surface area (Å²) >= 11 is 5.16. The molecule has 0 radical (unpaired) electrons. The molecule has 0 fully saturated rings.